The average molecular weight is 322 g/mol. The van der Waals surface area contributed by atoms with Crippen LogP contribution in [0.3, 0.4) is 0 Å². The Balaban J connectivity index is 1.54. The summed E-state index contributed by atoms with van der Waals surface area (Å²) < 4.78 is 22.3. The Morgan fingerprint density at radius 1 is 0.750 bits per heavy atom. The fourth-order valence-electron chi connectivity index (χ4n) is 2.94. The molecule has 3 aromatic carbocycles. The van der Waals surface area contributed by atoms with Crippen LogP contribution in [-0.4, -0.2) is 38.6 Å². The van der Waals surface area contributed by atoms with Crippen LogP contribution in [0.5, 0.6) is 11.5 Å². The lowest BCUT2D eigenvalue weighted by Crippen LogP contribution is -2.05. The topological polar surface area (TPSA) is 43.5 Å². The second-order valence-electron chi connectivity index (χ2n) is 6.34. The smallest absolute Gasteiger partial charge is 0.127 e. The number of rotatable bonds is 6. The summed E-state index contributed by atoms with van der Waals surface area (Å²) in [7, 11) is 0. The predicted octanol–water partition coefficient (Wildman–Crippen LogP) is 3.55. The quantitative estimate of drug-likeness (QED) is 0.514. The second-order valence-corrected chi connectivity index (χ2v) is 6.34. The van der Waals surface area contributed by atoms with Crippen LogP contribution >= 0.6 is 0 Å². The van der Waals surface area contributed by atoms with E-state index in [1.165, 1.54) is 0 Å². The van der Waals surface area contributed by atoms with Gasteiger partial charge in [-0.2, -0.15) is 0 Å². The molecular weight excluding hydrogens is 304 g/mol. The maximum atomic E-state index is 5.94. The van der Waals surface area contributed by atoms with E-state index < -0.39 is 0 Å². The zero-order valence-electron chi connectivity index (χ0n) is 13.2. The van der Waals surface area contributed by atoms with E-state index in [1.54, 1.807) is 0 Å². The molecule has 24 heavy (non-hydrogen) atoms. The molecule has 4 nitrogen and oxygen atoms in total. The van der Waals surface area contributed by atoms with E-state index in [4.69, 9.17) is 18.9 Å². The number of fused-ring (bicyclic) bond motifs is 2. The highest BCUT2D eigenvalue weighted by Crippen LogP contribution is 2.34. The molecule has 2 aliphatic rings. The number of hydrogen-bond acceptors (Lipinski definition) is 4. The third kappa shape index (κ3) is 2.79. The first-order valence-electron chi connectivity index (χ1n) is 8.31. The molecule has 2 fully saturated rings. The first-order valence-corrected chi connectivity index (χ1v) is 8.31. The summed E-state index contributed by atoms with van der Waals surface area (Å²) in [4.78, 5) is 0. The molecular formula is C20H18O4. The Morgan fingerprint density at radius 3 is 1.62 bits per heavy atom. The number of ether oxygens (including phenoxy) is 4. The van der Waals surface area contributed by atoms with Crippen LogP contribution in [-0.2, 0) is 9.47 Å². The first kappa shape index (κ1) is 14.1. The maximum Gasteiger partial charge on any atom is 0.127 e. The average Bonchev–Trinajstić information content (AvgIpc) is 3.51. The van der Waals surface area contributed by atoms with Crippen molar-refractivity contribution in [2.45, 2.75) is 12.2 Å². The molecule has 0 aromatic heterocycles. The summed E-state index contributed by atoms with van der Waals surface area (Å²) in [6.07, 6.45) is 0.510. The SMILES string of the molecule is c1cc(OCC2CO2)c2cc3cccc(OCC4CO4)c3cc2c1. The first-order chi connectivity index (χ1) is 11.9. The molecule has 0 saturated carbocycles. The number of benzene rings is 3. The Kier molecular flexibility index (Phi) is 3.32. The second kappa shape index (κ2) is 5.65. The van der Waals surface area contributed by atoms with Gasteiger partial charge in [-0.3, -0.25) is 0 Å². The normalized spacial score (nSPS) is 21.8. The number of epoxide rings is 2. The Hall–Kier alpha value is -2.30. The molecule has 4 heteroatoms. The molecule has 2 saturated heterocycles. The summed E-state index contributed by atoms with van der Waals surface area (Å²) in [5, 5.41) is 4.53. The molecule has 122 valence electrons. The molecule has 0 bridgehead atoms. The minimum Gasteiger partial charge on any atom is -0.490 e. The van der Waals surface area contributed by atoms with Gasteiger partial charge >= 0.3 is 0 Å². The Bertz CT molecular complexity index is 821. The highest BCUT2D eigenvalue weighted by atomic mass is 16.6. The summed E-state index contributed by atoms with van der Waals surface area (Å²) in [5.74, 6) is 1.81. The van der Waals surface area contributed by atoms with Crippen LogP contribution in [0.1, 0.15) is 0 Å². The molecule has 0 aliphatic carbocycles. The van der Waals surface area contributed by atoms with Crippen LogP contribution in [0, 0.1) is 0 Å². The zero-order valence-corrected chi connectivity index (χ0v) is 13.2. The van der Waals surface area contributed by atoms with Gasteiger partial charge in [0, 0.05) is 10.8 Å². The largest absolute Gasteiger partial charge is 0.490 e. The van der Waals surface area contributed by atoms with E-state index in [2.05, 4.69) is 24.3 Å². The molecule has 5 rings (SSSR count). The Morgan fingerprint density at radius 2 is 1.21 bits per heavy atom. The van der Waals surface area contributed by atoms with Gasteiger partial charge in [-0.15, -0.1) is 0 Å². The van der Waals surface area contributed by atoms with Crippen LogP contribution in [0.2, 0.25) is 0 Å². The van der Waals surface area contributed by atoms with Crippen molar-refractivity contribution in [3.63, 3.8) is 0 Å². The number of hydrogen-bond donors (Lipinski definition) is 0. The summed E-state index contributed by atoms with van der Waals surface area (Å²) in [6, 6.07) is 16.6. The van der Waals surface area contributed by atoms with Crippen molar-refractivity contribution in [2.75, 3.05) is 26.4 Å². The van der Waals surface area contributed by atoms with Gasteiger partial charge in [0.15, 0.2) is 0 Å². The van der Waals surface area contributed by atoms with E-state index in [0.717, 1.165) is 46.3 Å². The van der Waals surface area contributed by atoms with Crippen molar-refractivity contribution in [3.8, 4) is 11.5 Å². The maximum absolute atomic E-state index is 5.94. The van der Waals surface area contributed by atoms with Gasteiger partial charge in [0.05, 0.1) is 13.2 Å². The third-order valence-electron chi connectivity index (χ3n) is 4.45. The van der Waals surface area contributed by atoms with Crippen molar-refractivity contribution in [1.29, 1.82) is 0 Å². The molecule has 2 unspecified atom stereocenters. The molecule has 2 heterocycles. The summed E-state index contributed by atoms with van der Waals surface area (Å²) in [6.45, 7) is 2.83. The van der Waals surface area contributed by atoms with E-state index in [-0.39, 0.29) is 12.2 Å². The van der Waals surface area contributed by atoms with Crippen molar-refractivity contribution in [3.05, 3.63) is 48.5 Å². The fourth-order valence-corrected chi connectivity index (χ4v) is 2.94. The minimum atomic E-state index is 0.255. The lowest BCUT2D eigenvalue weighted by Gasteiger charge is -2.12. The molecule has 0 spiro atoms. The van der Waals surface area contributed by atoms with E-state index in [9.17, 15) is 0 Å². The van der Waals surface area contributed by atoms with Crippen LogP contribution in [0.4, 0.5) is 0 Å². The summed E-state index contributed by atoms with van der Waals surface area (Å²) in [5.41, 5.74) is 0. The lowest BCUT2D eigenvalue weighted by atomic mass is 10.0. The van der Waals surface area contributed by atoms with Gasteiger partial charge in [-0.1, -0.05) is 24.3 Å². The van der Waals surface area contributed by atoms with Crippen molar-refractivity contribution >= 4 is 21.5 Å². The standard InChI is InChI=1S/C20H18O4/c1-3-13-7-18-14(4-2-6-20(18)24-12-16-10-22-16)8-17(13)19(5-1)23-11-15-9-21-15/h1-8,15-16H,9-12H2. The zero-order chi connectivity index (χ0) is 15.9. The molecule has 2 atom stereocenters. The molecule has 0 N–H and O–H groups in total. The molecule has 2 aliphatic heterocycles. The van der Waals surface area contributed by atoms with Crippen LogP contribution in [0.25, 0.3) is 21.5 Å². The third-order valence-corrected chi connectivity index (χ3v) is 4.45. The molecule has 0 amide bonds. The lowest BCUT2D eigenvalue weighted by molar-refractivity contribution is 0.265. The molecule has 0 radical (unpaired) electrons. The van der Waals surface area contributed by atoms with E-state index in [1.807, 2.05) is 24.3 Å². The van der Waals surface area contributed by atoms with Gasteiger partial charge in [0.1, 0.15) is 36.9 Å². The Labute approximate surface area is 139 Å². The van der Waals surface area contributed by atoms with Crippen molar-refractivity contribution < 1.29 is 18.9 Å². The van der Waals surface area contributed by atoms with E-state index in [0.29, 0.717) is 13.2 Å². The summed E-state index contributed by atoms with van der Waals surface area (Å²) >= 11 is 0. The van der Waals surface area contributed by atoms with Crippen LogP contribution < -0.4 is 9.47 Å². The van der Waals surface area contributed by atoms with Crippen molar-refractivity contribution in [1.82, 2.24) is 0 Å². The van der Waals surface area contributed by atoms with Crippen LogP contribution in [0.15, 0.2) is 48.5 Å². The molecule has 3 aromatic rings. The van der Waals surface area contributed by atoms with E-state index >= 15 is 0 Å². The van der Waals surface area contributed by atoms with Gasteiger partial charge in [-0.25, -0.2) is 0 Å². The highest BCUT2D eigenvalue weighted by Gasteiger charge is 2.24. The van der Waals surface area contributed by atoms with Crippen molar-refractivity contribution in [2.24, 2.45) is 0 Å². The predicted molar refractivity (Wildman–Crippen MR) is 91.9 cm³/mol. The van der Waals surface area contributed by atoms with Gasteiger partial charge in [-0.05, 0) is 35.0 Å². The fraction of sp³-hybridized carbons (Fsp3) is 0.300. The van der Waals surface area contributed by atoms with Gasteiger partial charge in [0.25, 0.3) is 0 Å². The highest BCUT2D eigenvalue weighted by molar-refractivity contribution is 6.03. The van der Waals surface area contributed by atoms with Gasteiger partial charge in [0.2, 0.25) is 0 Å². The monoisotopic (exact) mass is 322 g/mol. The minimum absolute atomic E-state index is 0.255. The van der Waals surface area contributed by atoms with Gasteiger partial charge < -0.3 is 18.9 Å².